The number of fused-ring (bicyclic) bond motifs is 5. The zero-order valence-electron chi connectivity index (χ0n) is 21.2. The molecule has 1 heterocycles. The van der Waals surface area contributed by atoms with Gasteiger partial charge in [-0.3, -0.25) is 4.68 Å². The van der Waals surface area contributed by atoms with Crippen molar-refractivity contribution in [2.24, 2.45) is 52.8 Å². The molecule has 3 unspecified atom stereocenters. The van der Waals surface area contributed by atoms with Crippen LogP contribution in [-0.2, 0) is 11.3 Å². The molecule has 4 aliphatic carbocycles. The van der Waals surface area contributed by atoms with E-state index in [0.29, 0.717) is 17.0 Å². The lowest BCUT2D eigenvalue weighted by atomic mass is 9.48. The van der Waals surface area contributed by atoms with E-state index in [-0.39, 0.29) is 0 Å². The Bertz CT molecular complexity index is 842. The molecule has 4 nitrogen and oxygen atoms in total. The first-order valence-corrected chi connectivity index (χ1v) is 14.1. The zero-order valence-corrected chi connectivity index (χ0v) is 21.2. The molecule has 4 heteroatoms. The second-order valence-corrected chi connectivity index (χ2v) is 12.2. The van der Waals surface area contributed by atoms with Crippen LogP contribution in [-0.4, -0.2) is 23.0 Å². The molecule has 5 rings (SSSR count). The predicted octanol–water partition coefficient (Wildman–Crippen LogP) is 6.70. The summed E-state index contributed by atoms with van der Waals surface area (Å²) in [7, 11) is 0. The van der Waals surface area contributed by atoms with Gasteiger partial charge in [-0.25, -0.2) is 0 Å². The van der Waals surface area contributed by atoms with E-state index in [1.165, 1.54) is 64.2 Å². The van der Waals surface area contributed by atoms with Crippen molar-refractivity contribution < 1.29 is 4.74 Å². The Hall–Kier alpha value is -1.34. The van der Waals surface area contributed by atoms with E-state index in [1.54, 1.807) is 0 Å². The van der Waals surface area contributed by atoms with Gasteiger partial charge in [-0.2, -0.15) is 10.4 Å². The van der Waals surface area contributed by atoms with Crippen molar-refractivity contribution in [3.05, 3.63) is 18.0 Å². The number of rotatable bonds is 7. The van der Waals surface area contributed by atoms with Crippen LogP contribution in [0, 0.1) is 64.1 Å². The largest absolute Gasteiger partial charge is 0.381 e. The fourth-order valence-corrected chi connectivity index (χ4v) is 9.51. The molecule has 4 fully saturated rings. The van der Waals surface area contributed by atoms with Crippen LogP contribution in [0.25, 0.3) is 0 Å². The van der Waals surface area contributed by atoms with Gasteiger partial charge in [0.2, 0.25) is 0 Å². The molecule has 1 aromatic rings. The molecule has 0 bridgehead atoms. The highest BCUT2D eigenvalue weighted by Crippen LogP contribution is 2.65. The number of nitrogens with zero attached hydrogens (tertiary/aromatic N) is 3. The van der Waals surface area contributed by atoms with E-state index in [9.17, 15) is 0 Å². The Morgan fingerprint density at radius 2 is 1.97 bits per heavy atom. The summed E-state index contributed by atoms with van der Waals surface area (Å²) in [5.41, 5.74) is 1.06. The van der Waals surface area contributed by atoms with Crippen LogP contribution in [0.2, 0.25) is 0 Å². The number of hydrogen-bond donors (Lipinski definition) is 0. The van der Waals surface area contributed by atoms with E-state index in [1.807, 2.05) is 16.9 Å². The Morgan fingerprint density at radius 3 is 2.73 bits per heavy atom. The van der Waals surface area contributed by atoms with E-state index < -0.39 is 0 Å². The first-order chi connectivity index (χ1) is 16.1. The van der Waals surface area contributed by atoms with Crippen molar-refractivity contribution in [1.82, 2.24) is 9.78 Å². The molecule has 0 aliphatic heterocycles. The Morgan fingerprint density at radius 1 is 1.12 bits per heavy atom. The highest BCUT2D eigenvalue weighted by atomic mass is 16.5. The molecule has 0 N–H and O–H groups in total. The first kappa shape index (κ1) is 23.4. The summed E-state index contributed by atoms with van der Waals surface area (Å²) in [6.45, 7) is 10.0. The quantitative estimate of drug-likeness (QED) is 0.463. The molecule has 0 saturated heterocycles. The average molecular weight is 452 g/mol. The van der Waals surface area contributed by atoms with Crippen molar-refractivity contribution in [2.75, 3.05) is 13.2 Å². The van der Waals surface area contributed by atoms with Crippen LogP contribution in [0.4, 0.5) is 0 Å². The van der Waals surface area contributed by atoms with E-state index in [4.69, 9.17) is 10.00 Å². The molecule has 0 amide bonds. The van der Waals surface area contributed by atoms with Gasteiger partial charge in [0.1, 0.15) is 6.07 Å². The molecule has 182 valence electrons. The van der Waals surface area contributed by atoms with Crippen LogP contribution in [0.15, 0.2) is 12.3 Å². The summed E-state index contributed by atoms with van der Waals surface area (Å²) in [6.07, 6.45) is 16.3. The van der Waals surface area contributed by atoms with Gasteiger partial charge in [0.15, 0.2) is 5.69 Å². The highest BCUT2D eigenvalue weighted by molar-refractivity contribution is 5.16. The molecule has 0 aromatic carbocycles. The third kappa shape index (κ3) is 4.29. The summed E-state index contributed by atoms with van der Waals surface area (Å²) < 4.78 is 7.85. The number of ether oxygens (including phenoxy) is 1. The van der Waals surface area contributed by atoms with Crippen molar-refractivity contribution in [3.63, 3.8) is 0 Å². The number of nitriles is 1. The summed E-state index contributed by atoms with van der Waals surface area (Å²) in [5.74, 6) is 7.19. The lowest BCUT2D eigenvalue weighted by Crippen LogP contribution is -2.49. The van der Waals surface area contributed by atoms with Gasteiger partial charge in [0, 0.05) is 26.0 Å². The maximum Gasteiger partial charge on any atom is 0.162 e. The van der Waals surface area contributed by atoms with Crippen LogP contribution in [0.5, 0.6) is 0 Å². The molecule has 0 spiro atoms. The van der Waals surface area contributed by atoms with Gasteiger partial charge in [0.25, 0.3) is 0 Å². The Balaban J connectivity index is 1.26. The molecule has 4 saturated carbocycles. The van der Waals surface area contributed by atoms with Crippen molar-refractivity contribution in [2.45, 2.75) is 91.5 Å². The SMILES string of the molecule is CCOC[C@H]1CC[C@@H]2C3CC[C@]4(C)C([C@@H](CC)Cn5ccc(C#N)n5)CCC4[C@@H]3CC[C@@H]2C1. The molecule has 1 aromatic heterocycles. The van der Waals surface area contributed by atoms with E-state index in [2.05, 4.69) is 31.9 Å². The normalized spacial score (nSPS) is 41.0. The highest BCUT2D eigenvalue weighted by Gasteiger charge is 2.57. The summed E-state index contributed by atoms with van der Waals surface area (Å²) in [5, 5.41) is 13.7. The van der Waals surface area contributed by atoms with Crippen molar-refractivity contribution in [1.29, 1.82) is 5.26 Å². The van der Waals surface area contributed by atoms with Crippen molar-refractivity contribution in [3.8, 4) is 6.07 Å². The Kier molecular flexibility index (Phi) is 6.90. The van der Waals surface area contributed by atoms with E-state index in [0.717, 1.165) is 61.2 Å². The summed E-state index contributed by atoms with van der Waals surface area (Å²) in [6, 6.07) is 4.05. The summed E-state index contributed by atoms with van der Waals surface area (Å²) >= 11 is 0. The topological polar surface area (TPSA) is 50.8 Å². The number of hydrogen-bond acceptors (Lipinski definition) is 3. The maximum atomic E-state index is 9.16. The van der Waals surface area contributed by atoms with E-state index >= 15 is 0 Å². The standard InChI is InChI=1S/C29H45N3O/c1-4-21(18-32-15-13-23(17-30)31-32)27-10-11-28-26-9-7-22-16-20(19-33-5-2)6-8-24(22)25(26)12-14-29(27,28)3/h13,15,20-22,24-28H,4-12,14,16,18-19H2,1-3H3/t20-,21-,22+,24-,25?,26+,27?,28?,29+/m0/s1. The fourth-order valence-electron chi connectivity index (χ4n) is 9.51. The molecule has 0 radical (unpaired) electrons. The molecule has 4 aliphatic rings. The van der Waals surface area contributed by atoms with Gasteiger partial charge in [-0.15, -0.1) is 0 Å². The minimum Gasteiger partial charge on any atom is -0.381 e. The van der Waals surface area contributed by atoms with Crippen LogP contribution >= 0.6 is 0 Å². The number of aromatic nitrogens is 2. The molecule has 9 atom stereocenters. The molecular formula is C29H45N3O. The molecular weight excluding hydrogens is 406 g/mol. The van der Waals surface area contributed by atoms with Gasteiger partial charge in [-0.1, -0.05) is 20.3 Å². The third-order valence-electron chi connectivity index (χ3n) is 11.0. The molecule has 33 heavy (non-hydrogen) atoms. The first-order valence-electron chi connectivity index (χ1n) is 14.1. The minimum absolute atomic E-state index is 0.506. The smallest absolute Gasteiger partial charge is 0.162 e. The van der Waals surface area contributed by atoms with Gasteiger partial charge < -0.3 is 4.74 Å². The van der Waals surface area contributed by atoms with Gasteiger partial charge in [-0.05, 0) is 124 Å². The third-order valence-corrected chi connectivity index (χ3v) is 11.0. The minimum atomic E-state index is 0.506. The maximum absolute atomic E-state index is 9.16. The zero-order chi connectivity index (χ0) is 23.0. The van der Waals surface area contributed by atoms with Crippen molar-refractivity contribution >= 4 is 0 Å². The van der Waals surface area contributed by atoms with Crippen LogP contribution in [0.3, 0.4) is 0 Å². The summed E-state index contributed by atoms with van der Waals surface area (Å²) in [4.78, 5) is 0. The van der Waals surface area contributed by atoms with Gasteiger partial charge in [0.05, 0.1) is 0 Å². The van der Waals surface area contributed by atoms with Crippen LogP contribution in [0.1, 0.15) is 90.7 Å². The lowest BCUT2D eigenvalue weighted by molar-refractivity contribution is -0.0797. The monoisotopic (exact) mass is 451 g/mol. The predicted molar refractivity (Wildman–Crippen MR) is 131 cm³/mol. The van der Waals surface area contributed by atoms with Crippen LogP contribution < -0.4 is 0 Å². The lowest BCUT2D eigenvalue weighted by Gasteiger charge is -2.57. The average Bonchev–Trinajstić information content (AvgIpc) is 3.44. The fraction of sp³-hybridized carbons (Fsp3) is 0.862. The second-order valence-electron chi connectivity index (χ2n) is 12.2. The second kappa shape index (κ2) is 9.73. The Labute approximate surface area is 201 Å². The van der Waals surface area contributed by atoms with Gasteiger partial charge >= 0.3 is 0 Å².